The van der Waals surface area contributed by atoms with Crippen LogP contribution in [-0.4, -0.2) is 44.0 Å². The number of aromatic carboxylic acids is 1. The van der Waals surface area contributed by atoms with E-state index >= 15 is 0 Å². The van der Waals surface area contributed by atoms with Crippen molar-refractivity contribution < 1.29 is 29.3 Å². The van der Waals surface area contributed by atoms with Crippen LogP contribution in [0.2, 0.25) is 0 Å². The second kappa shape index (κ2) is 8.64. The molecular weight excluding hydrogens is 350 g/mol. The van der Waals surface area contributed by atoms with Gasteiger partial charge in [0.25, 0.3) is 0 Å². The SMILES string of the molecule is O=C(O)CSc1ncc(C(=O)O)c(NC(=O)OCc2ccccc2)n1. The van der Waals surface area contributed by atoms with Gasteiger partial charge in [-0.25, -0.2) is 19.6 Å². The second-order valence-electron chi connectivity index (χ2n) is 4.59. The summed E-state index contributed by atoms with van der Waals surface area (Å²) in [6.45, 7) is 0.000777. The first kappa shape index (κ1) is 18.2. The van der Waals surface area contributed by atoms with E-state index < -0.39 is 18.0 Å². The minimum absolute atomic E-state index is 0.000777. The lowest BCUT2D eigenvalue weighted by Gasteiger charge is -2.09. The van der Waals surface area contributed by atoms with E-state index in [1.165, 1.54) is 0 Å². The molecule has 0 bridgehead atoms. The number of carboxylic acid groups (broad SMARTS) is 2. The zero-order chi connectivity index (χ0) is 18.2. The zero-order valence-corrected chi connectivity index (χ0v) is 13.5. The number of carbonyl (C=O) groups is 3. The van der Waals surface area contributed by atoms with Gasteiger partial charge in [-0.05, 0) is 5.56 Å². The Hall–Kier alpha value is -3.14. The van der Waals surface area contributed by atoms with E-state index in [1.807, 2.05) is 6.07 Å². The molecule has 9 nitrogen and oxygen atoms in total. The number of amides is 1. The highest BCUT2D eigenvalue weighted by Crippen LogP contribution is 2.19. The predicted molar refractivity (Wildman–Crippen MR) is 87.6 cm³/mol. The summed E-state index contributed by atoms with van der Waals surface area (Å²) in [7, 11) is 0. The van der Waals surface area contributed by atoms with Crippen LogP contribution in [0.3, 0.4) is 0 Å². The number of nitrogens with one attached hydrogen (secondary N) is 1. The van der Waals surface area contributed by atoms with Crippen LogP contribution in [0.5, 0.6) is 0 Å². The van der Waals surface area contributed by atoms with Crippen molar-refractivity contribution in [1.29, 1.82) is 0 Å². The summed E-state index contributed by atoms with van der Waals surface area (Å²) in [4.78, 5) is 41.2. The van der Waals surface area contributed by atoms with Gasteiger partial charge in [0.1, 0.15) is 12.2 Å². The fourth-order valence-corrected chi connectivity index (χ4v) is 2.20. The van der Waals surface area contributed by atoms with Crippen LogP contribution in [0.15, 0.2) is 41.7 Å². The number of aliphatic carboxylic acids is 1. The van der Waals surface area contributed by atoms with Crippen molar-refractivity contribution in [3.8, 4) is 0 Å². The van der Waals surface area contributed by atoms with Gasteiger partial charge >= 0.3 is 18.0 Å². The third kappa shape index (κ3) is 5.77. The summed E-state index contributed by atoms with van der Waals surface area (Å²) in [6, 6.07) is 8.92. The van der Waals surface area contributed by atoms with Crippen molar-refractivity contribution in [2.45, 2.75) is 11.8 Å². The number of anilines is 1. The number of hydrogen-bond donors (Lipinski definition) is 3. The molecule has 3 N–H and O–H groups in total. The molecular formula is C15H13N3O6S. The molecule has 2 rings (SSSR count). The van der Waals surface area contributed by atoms with E-state index in [2.05, 4.69) is 15.3 Å². The molecule has 2 aromatic rings. The lowest BCUT2D eigenvalue weighted by atomic mass is 10.2. The Morgan fingerprint density at radius 1 is 1.16 bits per heavy atom. The maximum atomic E-state index is 11.9. The van der Waals surface area contributed by atoms with Crippen molar-refractivity contribution >= 4 is 35.6 Å². The summed E-state index contributed by atoms with van der Waals surface area (Å²) in [5, 5.41) is 20.0. The van der Waals surface area contributed by atoms with E-state index in [9.17, 15) is 14.4 Å². The number of hydrogen-bond acceptors (Lipinski definition) is 7. The third-order valence-electron chi connectivity index (χ3n) is 2.76. The quantitative estimate of drug-likeness (QED) is 0.498. The molecule has 0 unspecified atom stereocenters. The maximum absolute atomic E-state index is 11.9. The molecule has 0 saturated heterocycles. The maximum Gasteiger partial charge on any atom is 0.413 e. The predicted octanol–water partition coefficient (Wildman–Crippen LogP) is 2.10. The summed E-state index contributed by atoms with van der Waals surface area (Å²) >= 11 is 0.794. The molecule has 25 heavy (non-hydrogen) atoms. The molecule has 1 aromatic heterocycles. The molecule has 130 valence electrons. The Balaban J connectivity index is 2.06. The van der Waals surface area contributed by atoms with Gasteiger partial charge in [0, 0.05) is 6.20 Å². The van der Waals surface area contributed by atoms with Crippen molar-refractivity contribution in [3.05, 3.63) is 47.7 Å². The zero-order valence-electron chi connectivity index (χ0n) is 12.7. The third-order valence-corrected chi connectivity index (χ3v) is 3.60. The summed E-state index contributed by atoms with van der Waals surface area (Å²) < 4.78 is 5.00. The molecule has 0 aliphatic rings. The van der Waals surface area contributed by atoms with E-state index in [4.69, 9.17) is 14.9 Å². The first-order valence-corrected chi connectivity index (χ1v) is 7.87. The molecule has 0 saturated carbocycles. The van der Waals surface area contributed by atoms with E-state index in [0.717, 1.165) is 23.5 Å². The Morgan fingerprint density at radius 2 is 1.88 bits per heavy atom. The number of benzene rings is 1. The van der Waals surface area contributed by atoms with Gasteiger partial charge in [0.2, 0.25) is 0 Å². The Labute approximate surface area is 146 Å². The minimum Gasteiger partial charge on any atom is -0.481 e. The van der Waals surface area contributed by atoms with Crippen LogP contribution >= 0.6 is 11.8 Å². The number of rotatable bonds is 7. The van der Waals surface area contributed by atoms with Crippen LogP contribution < -0.4 is 5.32 Å². The van der Waals surface area contributed by atoms with Crippen molar-refractivity contribution in [1.82, 2.24) is 9.97 Å². The Kier molecular flexibility index (Phi) is 6.29. The lowest BCUT2D eigenvalue weighted by molar-refractivity contribution is -0.133. The van der Waals surface area contributed by atoms with Crippen molar-refractivity contribution in [3.63, 3.8) is 0 Å². The monoisotopic (exact) mass is 363 g/mol. The molecule has 0 fully saturated rings. The molecule has 10 heteroatoms. The van der Waals surface area contributed by atoms with Crippen LogP contribution in [0.1, 0.15) is 15.9 Å². The number of carbonyl (C=O) groups excluding carboxylic acids is 1. The number of carboxylic acids is 2. The van der Waals surface area contributed by atoms with E-state index in [1.54, 1.807) is 24.3 Å². The highest BCUT2D eigenvalue weighted by atomic mass is 32.2. The van der Waals surface area contributed by atoms with Crippen LogP contribution in [-0.2, 0) is 16.1 Å². The Bertz CT molecular complexity index is 784. The van der Waals surface area contributed by atoms with Gasteiger partial charge in [-0.2, -0.15) is 0 Å². The van der Waals surface area contributed by atoms with Crippen LogP contribution in [0.4, 0.5) is 10.6 Å². The van der Waals surface area contributed by atoms with Gasteiger partial charge in [0.15, 0.2) is 11.0 Å². The summed E-state index contributed by atoms with van der Waals surface area (Å²) in [5.41, 5.74) is 0.424. The van der Waals surface area contributed by atoms with E-state index in [-0.39, 0.29) is 28.9 Å². The Morgan fingerprint density at radius 3 is 2.52 bits per heavy atom. The first-order chi connectivity index (χ1) is 12.0. The minimum atomic E-state index is -1.34. The number of ether oxygens (including phenoxy) is 1. The van der Waals surface area contributed by atoms with Crippen molar-refractivity contribution in [2.75, 3.05) is 11.1 Å². The number of thioether (sulfide) groups is 1. The average Bonchev–Trinajstić information content (AvgIpc) is 2.59. The average molecular weight is 363 g/mol. The van der Waals surface area contributed by atoms with Crippen molar-refractivity contribution in [2.24, 2.45) is 0 Å². The van der Waals surface area contributed by atoms with Crippen LogP contribution in [0.25, 0.3) is 0 Å². The van der Waals surface area contributed by atoms with Crippen LogP contribution in [0, 0.1) is 0 Å². The highest BCUT2D eigenvalue weighted by molar-refractivity contribution is 7.99. The number of aromatic nitrogens is 2. The van der Waals surface area contributed by atoms with E-state index in [0.29, 0.717) is 0 Å². The van der Waals surface area contributed by atoms with Gasteiger partial charge in [-0.1, -0.05) is 42.1 Å². The molecule has 0 atom stereocenters. The van der Waals surface area contributed by atoms with Gasteiger partial charge in [-0.3, -0.25) is 10.1 Å². The normalized spacial score (nSPS) is 10.1. The second-order valence-corrected chi connectivity index (χ2v) is 5.53. The van der Waals surface area contributed by atoms with Gasteiger partial charge in [-0.15, -0.1) is 0 Å². The first-order valence-electron chi connectivity index (χ1n) is 6.88. The molecule has 1 amide bonds. The molecule has 0 spiro atoms. The smallest absolute Gasteiger partial charge is 0.413 e. The standard InChI is InChI=1S/C15H13N3O6S/c19-11(20)8-25-14-16-6-10(13(21)22)12(17-14)18-15(23)24-7-9-4-2-1-3-5-9/h1-6H,7-8H2,(H,19,20)(H,21,22)(H,16,17,18,23). The molecule has 0 aliphatic carbocycles. The summed E-state index contributed by atoms with van der Waals surface area (Å²) in [6.07, 6.45) is 0.103. The molecule has 1 aromatic carbocycles. The topological polar surface area (TPSA) is 139 Å². The largest absolute Gasteiger partial charge is 0.481 e. The lowest BCUT2D eigenvalue weighted by Crippen LogP contribution is -2.18. The fraction of sp³-hybridized carbons (Fsp3) is 0.133. The molecule has 0 radical (unpaired) electrons. The number of nitrogens with zero attached hydrogens (tertiary/aromatic N) is 2. The van der Waals surface area contributed by atoms with Gasteiger partial charge < -0.3 is 14.9 Å². The molecule has 0 aliphatic heterocycles. The highest BCUT2D eigenvalue weighted by Gasteiger charge is 2.17. The van der Waals surface area contributed by atoms with Gasteiger partial charge in [0.05, 0.1) is 5.75 Å². The fourth-order valence-electron chi connectivity index (χ4n) is 1.67. The summed E-state index contributed by atoms with van der Waals surface area (Å²) in [5.74, 6) is -2.99. The molecule has 1 heterocycles.